The van der Waals surface area contributed by atoms with Gasteiger partial charge in [0.2, 0.25) is 11.8 Å². The van der Waals surface area contributed by atoms with Gasteiger partial charge in [-0.15, -0.1) is 0 Å². The van der Waals surface area contributed by atoms with Crippen molar-refractivity contribution in [1.82, 2.24) is 10.6 Å². The lowest BCUT2D eigenvalue weighted by Crippen LogP contribution is -2.46. The average Bonchev–Trinajstić information content (AvgIpc) is 2.57. The number of rotatable bonds is 15. The lowest BCUT2D eigenvalue weighted by atomic mass is 10.1. The summed E-state index contributed by atoms with van der Waals surface area (Å²) in [7, 11) is 0. The molecule has 4 N–H and O–H groups in total. The first-order chi connectivity index (χ1) is 11.7. The normalized spacial score (nSPS) is 12.3. The Hall–Kier alpha value is -1.36. The van der Waals surface area contributed by atoms with E-state index in [2.05, 4.69) is 17.6 Å². The highest BCUT2D eigenvalue weighted by Gasteiger charge is 2.18. The van der Waals surface area contributed by atoms with Gasteiger partial charge in [-0.2, -0.15) is 0 Å². The van der Waals surface area contributed by atoms with Crippen LogP contribution in [0.2, 0.25) is 0 Å². The van der Waals surface area contributed by atoms with Crippen LogP contribution in [-0.4, -0.2) is 30.9 Å². The van der Waals surface area contributed by atoms with E-state index in [1.54, 1.807) is 6.08 Å². The van der Waals surface area contributed by atoms with Crippen LogP contribution >= 0.6 is 0 Å². The summed E-state index contributed by atoms with van der Waals surface area (Å²) in [5.74, 6) is -0.342. The third-order valence-corrected chi connectivity index (χ3v) is 3.92. The number of amides is 2. The summed E-state index contributed by atoms with van der Waals surface area (Å²) in [5, 5.41) is 5.51. The first-order valence-corrected chi connectivity index (χ1v) is 9.60. The predicted octanol–water partition coefficient (Wildman–Crippen LogP) is 3.04. The molecule has 1 atom stereocenters. The van der Waals surface area contributed by atoms with Gasteiger partial charge >= 0.3 is 0 Å². The Kier molecular flexibility index (Phi) is 15.6. The highest BCUT2D eigenvalue weighted by molar-refractivity contribution is 5.92. The molecule has 0 radical (unpaired) electrons. The lowest BCUT2D eigenvalue weighted by molar-refractivity contribution is -0.127. The van der Waals surface area contributed by atoms with E-state index in [0.717, 1.165) is 12.8 Å². The van der Waals surface area contributed by atoms with Crippen molar-refractivity contribution < 1.29 is 9.59 Å². The SMILES string of the molecule is CCCCCCCCCC=CC(=O)NC(CCCN)C(=O)NCC. The van der Waals surface area contributed by atoms with Crippen LogP contribution in [0, 0.1) is 0 Å². The Morgan fingerprint density at radius 1 is 1.00 bits per heavy atom. The van der Waals surface area contributed by atoms with E-state index in [4.69, 9.17) is 5.73 Å². The molecule has 140 valence electrons. The van der Waals surface area contributed by atoms with Crippen molar-refractivity contribution in [2.24, 2.45) is 5.73 Å². The first kappa shape index (κ1) is 22.6. The molecule has 24 heavy (non-hydrogen) atoms. The van der Waals surface area contributed by atoms with Crippen molar-refractivity contribution in [2.45, 2.75) is 84.1 Å². The second-order valence-electron chi connectivity index (χ2n) is 6.20. The van der Waals surface area contributed by atoms with E-state index >= 15 is 0 Å². The third kappa shape index (κ3) is 13.1. The molecule has 0 aliphatic carbocycles. The zero-order valence-electron chi connectivity index (χ0n) is 15.6. The standard InChI is InChI=1S/C19H37N3O2/c1-3-5-6-7-8-9-10-11-12-15-18(23)22-17(14-13-16-20)19(24)21-4-2/h12,15,17H,3-11,13-14,16,20H2,1-2H3,(H,21,24)(H,22,23). The Morgan fingerprint density at radius 3 is 2.29 bits per heavy atom. The molecule has 0 saturated carbocycles. The van der Waals surface area contributed by atoms with Crippen molar-refractivity contribution in [2.75, 3.05) is 13.1 Å². The molecule has 0 saturated heterocycles. The number of likely N-dealkylation sites (N-methyl/N-ethyl adjacent to an activating group) is 1. The van der Waals surface area contributed by atoms with Gasteiger partial charge in [-0.25, -0.2) is 0 Å². The fraction of sp³-hybridized carbons (Fsp3) is 0.789. The fourth-order valence-corrected chi connectivity index (χ4v) is 2.52. The van der Waals surface area contributed by atoms with Crippen molar-refractivity contribution in [3.63, 3.8) is 0 Å². The number of hydrogen-bond donors (Lipinski definition) is 3. The maximum atomic E-state index is 11.9. The van der Waals surface area contributed by atoms with Gasteiger partial charge in [0.05, 0.1) is 0 Å². The minimum atomic E-state index is -0.496. The Labute approximate surface area is 147 Å². The predicted molar refractivity (Wildman–Crippen MR) is 101 cm³/mol. The lowest BCUT2D eigenvalue weighted by Gasteiger charge is -2.16. The monoisotopic (exact) mass is 339 g/mol. The van der Waals surface area contributed by atoms with Crippen molar-refractivity contribution in [3.05, 3.63) is 12.2 Å². The van der Waals surface area contributed by atoms with Crippen LogP contribution in [0.25, 0.3) is 0 Å². The van der Waals surface area contributed by atoms with Crippen molar-refractivity contribution >= 4 is 11.8 Å². The summed E-state index contributed by atoms with van der Waals surface area (Å²) < 4.78 is 0. The first-order valence-electron chi connectivity index (χ1n) is 9.60. The molecule has 0 spiro atoms. The molecule has 0 fully saturated rings. The number of allylic oxidation sites excluding steroid dienone is 1. The van der Waals surface area contributed by atoms with Crippen molar-refractivity contribution in [1.29, 1.82) is 0 Å². The molecular weight excluding hydrogens is 302 g/mol. The molecule has 0 heterocycles. The summed E-state index contributed by atoms with van der Waals surface area (Å²) >= 11 is 0. The molecule has 2 amide bonds. The highest BCUT2D eigenvalue weighted by atomic mass is 16.2. The molecule has 0 aromatic carbocycles. The number of nitrogens with two attached hydrogens (primary N) is 1. The fourth-order valence-electron chi connectivity index (χ4n) is 2.52. The molecule has 0 aliphatic heterocycles. The molecular formula is C19H37N3O2. The highest BCUT2D eigenvalue weighted by Crippen LogP contribution is 2.08. The van der Waals surface area contributed by atoms with Gasteiger partial charge in [0.25, 0.3) is 0 Å². The van der Waals surface area contributed by atoms with E-state index in [1.165, 1.54) is 38.5 Å². The van der Waals surface area contributed by atoms with Crippen LogP contribution in [0.4, 0.5) is 0 Å². The molecule has 0 bridgehead atoms. The zero-order chi connectivity index (χ0) is 18.0. The molecule has 0 aromatic rings. The van der Waals surface area contributed by atoms with Crippen LogP contribution in [0.15, 0.2) is 12.2 Å². The van der Waals surface area contributed by atoms with Gasteiger partial charge in [0.1, 0.15) is 6.04 Å². The Balaban J connectivity index is 3.94. The number of unbranched alkanes of at least 4 members (excludes halogenated alkanes) is 7. The second kappa shape index (κ2) is 16.5. The zero-order valence-corrected chi connectivity index (χ0v) is 15.6. The van der Waals surface area contributed by atoms with Gasteiger partial charge in [-0.1, -0.05) is 51.5 Å². The molecule has 0 aromatic heterocycles. The molecule has 0 rings (SSSR count). The van der Waals surface area contributed by atoms with E-state index in [1.807, 2.05) is 13.0 Å². The summed E-state index contributed by atoms with van der Waals surface area (Å²) in [6, 6.07) is -0.496. The smallest absolute Gasteiger partial charge is 0.244 e. The maximum Gasteiger partial charge on any atom is 0.244 e. The van der Waals surface area contributed by atoms with E-state index in [9.17, 15) is 9.59 Å². The van der Waals surface area contributed by atoms with Gasteiger partial charge in [0.15, 0.2) is 0 Å². The quantitative estimate of drug-likeness (QED) is 0.317. The van der Waals surface area contributed by atoms with E-state index in [-0.39, 0.29) is 11.8 Å². The largest absolute Gasteiger partial charge is 0.355 e. The molecule has 5 nitrogen and oxygen atoms in total. The maximum absolute atomic E-state index is 11.9. The summed E-state index contributed by atoms with van der Waals surface area (Å²) in [6.07, 6.45) is 14.5. The minimum absolute atomic E-state index is 0.139. The number of hydrogen-bond acceptors (Lipinski definition) is 3. The van der Waals surface area contributed by atoms with Gasteiger partial charge in [-0.3, -0.25) is 9.59 Å². The second-order valence-corrected chi connectivity index (χ2v) is 6.20. The summed E-state index contributed by atoms with van der Waals surface area (Å²) in [6.45, 7) is 5.16. The number of nitrogens with one attached hydrogen (secondary N) is 2. The van der Waals surface area contributed by atoms with Crippen LogP contribution in [-0.2, 0) is 9.59 Å². The molecule has 0 aliphatic rings. The van der Waals surface area contributed by atoms with Crippen LogP contribution in [0.5, 0.6) is 0 Å². The van der Waals surface area contributed by atoms with E-state index in [0.29, 0.717) is 25.9 Å². The van der Waals surface area contributed by atoms with Gasteiger partial charge in [0, 0.05) is 6.54 Å². The van der Waals surface area contributed by atoms with Gasteiger partial charge in [-0.05, 0) is 45.2 Å². The van der Waals surface area contributed by atoms with Gasteiger partial charge < -0.3 is 16.4 Å². The summed E-state index contributed by atoms with van der Waals surface area (Å²) in [5.41, 5.74) is 5.49. The van der Waals surface area contributed by atoms with Crippen LogP contribution < -0.4 is 16.4 Å². The molecule has 5 heteroatoms. The average molecular weight is 340 g/mol. The Morgan fingerprint density at radius 2 is 1.67 bits per heavy atom. The topological polar surface area (TPSA) is 84.2 Å². The third-order valence-electron chi connectivity index (χ3n) is 3.92. The van der Waals surface area contributed by atoms with E-state index < -0.39 is 6.04 Å². The number of carbonyl (C=O) groups is 2. The Bertz CT molecular complexity index is 357. The van der Waals surface area contributed by atoms with Crippen LogP contribution in [0.1, 0.15) is 78.1 Å². The minimum Gasteiger partial charge on any atom is -0.355 e. The van der Waals surface area contributed by atoms with Crippen molar-refractivity contribution in [3.8, 4) is 0 Å². The number of carbonyl (C=O) groups excluding carboxylic acids is 2. The van der Waals surface area contributed by atoms with Crippen LogP contribution in [0.3, 0.4) is 0 Å². The summed E-state index contributed by atoms with van der Waals surface area (Å²) in [4.78, 5) is 23.8. The molecule has 1 unspecified atom stereocenters.